The van der Waals surface area contributed by atoms with Crippen molar-refractivity contribution in [2.75, 3.05) is 20.8 Å². The average Bonchev–Trinajstić information content (AvgIpc) is 3.16. The Morgan fingerprint density at radius 2 is 1.88 bits per heavy atom. The minimum atomic E-state index is -0.695. The van der Waals surface area contributed by atoms with E-state index in [4.69, 9.17) is 14.2 Å². The van der Waals surface area contributed by atoms with Gasteiger partial charge in [-0.2, -0.15) is 0 Å². The van der Waals surface area contributed by atoms with Crippen molar-refractivity contribution in [3.63, 3.8) is 0 Å². The van der Waals surface area contributed by atoms with Crippen molar-refractivity contribution in [2.24, 2.45) is 4.99 Å². The molecule has 1 aromatic heterocycles. The molecule has 0 saturated heterocycles. The number of methoxy groups -OCH3 is 2. The average molecular weight is 477 g/mol. The number of benzene rings is 2. The summed E-state index contributed by atoms with van der Waals surface area (Å²) in [4.78, 5) is 31.8. The van der Waals surface area contributed by atoms with Gasteiger partial charge in [-0.15, -0.1) is 0 Å². The number of esters is 1. The summed E-state index contributed by atoms with van der Waals surface area (Å²) in [7, 11) is 3.17. The number of nitrogens with zero attached hydrogens (tertiary/aromatic N) is 2. The molecule has 7 nitrogen and oxygen atoms in total. The summed E-state index contributed by atoms with van der Waals surface area (Å²) in [6.45, 7) is 5.41. The van der Waals surface area contributed by atoms with Crippen LogP contribution in [0.4, 0.5) is 0 Å². The first-order valence-electron chi connectivity index (χ1n) is 10.6. The molecule has 1 unspecified atom stereocenters. The summed E-state index contributed by atoms with van der Waals surface area (Å²) < 4.78 is 18.1. The van der Waals surface area contributed by atoms with Crippen molar-refractivity contribution in [2.45, 2.75) is 13.0 Å². The van der Waals surface area contributed by atoms with Crippen molar-refractivity contribution >= 4 is 23.4 Å². The Bertz CT molecular complexity index is 1450. The maximum absolute atomic E-state index is 13.6. The number of thiazole rings is 1. The van der Waals surface area contributed by atoms with E-state index in [0.717, 1.165) is 11.1 Å². The largest absolute Gasteiger partial charge is 0.497 e. The molecule has 0 radical (unpaired) electrons. The molecule has 0 spiro atoms. The molecule has 2 aromatic carbocycles. The molecule has 4 rings (SSSR count). The minimum Gasteiger partial charge on any atom is -0.497 e. The Balaban J connectivity index is 1.93. The number of carbonyl (C=O) groups excluding carboxylic acids is 1. The maximum Gasteiger partial charge on any atom is 0.338 e. The number of hydrogen-bond acceptors (Lipinski definition) is 7. The molecular weight excluding hydrogens is 452 g/mol. The van der Waals surface area contributed by atoms with Crippen LogP contribution in [-0.4, -0.2) is 31.4 Å². The number of allylic oxidation sites excluding steroid dienone is 1. The Labute approximate surface area is 200 Å². The van der Waals surface area contributed by atoms with E-state index in [9.17, 15) is 9.59 Å². The van der Waals surface area contributed by atoms with Crippen LogP contribution >= 0.6 is 11.3 Å². The van der Waals surface area contributed by atoms with Gasteiger partial charge >= 0.3 is 5.97 Å². The molecule has 0 bridgehead atoms. The zero-order valence-electron chi connectivity index (χ0n) is 19.1. The fraction of sp³-hybridized carbons (Fsp3) is 0.192. The number of para-hydroxylation sites is 1. The summed E-state index contributed by atoms with van der Waals surface area (Å²) in [5, 5.41) is 0. The fourth-order valence-electron chi connectivity index (χ4n) is 3.82. The zero-order chi connectivity index (χ0) is 24.2. The van der Waals surface area contributed by atoms with E-state index in [2.05, 4.69) is 11.6 Å². The van der Waals surface area contributed by atoms with Gasteiger partial charge in [-0.05, 0) is 36.8 Å². The number of ether oxygens (including phenoxy) is 3. The zero-order valence-corrected chi connectivity index (χ0v) is 19.9. The highest BCUT2D eigenvalue weighted by Crippen LogP contribution is 2.31. The molecule has 0 saturated carbocycles. The lowest BCUT2D eigenvalue weighted by atomic mass is 9.96. The normalized spacial score (nSPS) is 15.4. The van der Waals surface area contributed by atoms with Crippen molar-refractivity contribution in [3.05, 3.63) is 103 Å². The summed E-state index contributed by atoms with van der Waals surface area (Å²) in [6.07, 6.45) is 3.28. The van der Waals surface area contributed by atoms with Gasteiger partial charge in [0.1, 0.15) is 18.1 Å². The van der Waals surface area contributed by atoms with Crippen molar-refractivity contribution in [1.82, 2.24) is 4.57 Å². The molecular formula is C26H24N2O5S. The monoisotopic (exact) mass is 476 g/mol. The quantitative estimate of drug-likeness (QED) is 0.387. The van der Waals surface area contributed by atoms with Crippen molar-refractivity contribution in [3.8, 4) is 11.5 Å². The smallest absolute Gasteiger partial charge is 0.338 e. The van der Waals surface area contributed by atoms with Crippen LogP contribution in [0.15, 0.2) is 82.2 Å². The Morgan fingerprint density at radius 3 is 2.56 bits per heavy atom. The predicted octanol–water partition coefficient (Wildman–Crippen LogP) is 2.98. The topological polar surface area (TPSA) is 79.1 Å². The van der Waals surface area contributed by atoms with Crippen LogP contribution in [-0.2, 0) is 9.53 Å². The summed E-state index contributed by atoms with van der Waals surface area (Å²) in [5.41, 5.74) is 2.07. The Kier molecular flexibility index (Phi) is 6.79. The fourth-order valence-corrected chi connectivity index (χ4v) is 4.86. The third-order valence-corrected chi connectivity index (χ3v) is 6.41. The van der Waals surface area contributed by atoms with Crippen molar-refractivity contribution in [1.29, 1.82) is 0 Å². The number of rotatable bonds is 7. The van der Waals surface area contributed by atoms with Crippen LogP contribution in [0.3, 0.4) is 0 Å². The molecule has 3 aromatic rings. The Morgan fingerprint density at radius 1 is 1.15 bits per heavy atom. The summed E-state index contributed by atoms with van der Waals surface area (Å²) in [5.74, 6) is 0.787. The molecule has 8 heteroatoms. The highest BCUT2D eigenvalue weighted by molar-refractivity contribution is 7.07. The minimum absolute atomic E-state index is 0.0587. The van der Waals surface area contributed by atoms with Crippen LogP contribution in [0.2, 0.25) is 0 Å². The second-order valence-electron chi connectivity index (χ2n) is 7.48. The lowest BCUT2D eigenvalue weighted by Gasteiger charge is -2.24. The third-order valence-electron chi connectivity index (χ3n) is 5.43. The molecule has 174 valence electrons. The molecule has 2 heterocycles. The highest BCUT2D eigenvalue weighted by atomic mass is 32.1. The van der Waals surface area contributed by atoms with E-state index in [1.807, 2.05) is 36.4 Å². The van der Waals surface area contributed by atoms with E-state index >= 15 is 0 Å². The number of aromatic nitrogens is 1. The van der Waals surface area contributed by atoms with E-state index in [1.165, 1.54) is 17.4 Å². The van der Waals surface area contributed by atoms with Gasteiger partial charge in [0, 0.05) is 5.56 Å². The Hall–Kier alpha value is -3.91. The first kappa shape index (κ1) is 23.3. The SMILES string of the molecule is C=CCOC(=O)C1=C(C)N=c2s/c(=C\c3ccccc3OC)c(=O)n2C1c1ccc(OC)cc1. The summed E-state index contributed by atoms with van der Waals surface area (Å²) >= 11 is 1.26. The third kappa shape index (κ3) is 4.32. The van der Waals surface area contributed by atoms with Crippen molar-refractivity contribution < 1.29 is 19.0 Å². The van der Waals surface area contributed by atoms with Crippen LogP contribution in [0.1, 0.15) is 24.1 Å². The lowest BCUT2D eigenvalue weighted by molar-refractivity contribution is -0.138. The predicted molar refractivity (Wildman–Crippen MR) is 131 cm³/mol. The van der Waals surface area contributed by atoms with Gasteiger partial charge in [-0.1, -0.05) is 54.3 Å². The molecule has 0 aliphatic carbocycles. The van der Waals surface area contributed by atoms with Gasteiger partial charge in [-0.25, -0.2) is 9.79 Å². The molecule has 0 amide bonds. The molecule has 1 atom stereocenters. The highest BCUT2D eigenvalue weighted by Gasteiger charge is 2.33. The van der Waals surface area contributed by atoms with E-state index in [-0.39, 0.29) is 12.2 Å². The molecule has 1 aliphatic rings. The van der Waals surface area contributed by atoms with E-state index < -0.39 is 12.0 Å². The summed E-state index contributed by atoms with van der Waals surface area (Å²) in [6, 6.07) is 14.0. The van der Waals surface area contributed by atoms with Crippen LogP contribution in [0.25, 0.3) is 6.08 Å². The molecule has 34 heavy (non-hydrogen) atoms. The van der Waals surface area contributed by atoms with Gasteiger partial charge in [0.05, 0.1) is 36.1 Å². The lowest BCUT2D eigenvalue weighted by Crippen LogP contribution is -2.39. The van der Waals surface area contributed by atoms with Crippen LogP contribution in [0, 0.1) is 0 Å². The maximum atomic E-state index is 13.6. The van der Waals surface area contributed by atoms with E-state index in [0.29, 0.717) is 32.1 Å². The van der Waals surface area contributed by atoms with Gasteiger partial charge in [0.15, 0.2) is 4.80 Å². The van der Waals surface area contributed by atoms with Crippen LogP contribution in [0.5, 0.6) is 11.5 Å². The first-order chi connectivity index (χ1) is 16.5. The molecule has 1 aliphatic heterocycles. The van der Waals surface area contributed by atoms with E-state index in [1.54, 1.807) is 43.9 Å². The molecule has 0 N–H and O–H groups in total. The van der Waals surface area contributed by atoms with Gasteiger partial charge < -0.3 is 14.2 Å². The number of fused-ring (bicyclic) bond motifs is 1. The van der Waals surface area contributed by atoms with Gasteiger partial charge in [0.25, 0.3) is 5.56 Å². The second kappa shape index (κ2) is 9.93. The molecule has 0 fully saturated rings. The van der Waals surface area contributed by atoms with Gasteiger partial charge in [-0.3, -0.25) is 9.36 Å². The number of carbonyl (C=O) groups is 1. The standard InChI is InChI=1S/C26H24N2O5S/c1-5-14-33-25(30)22-16(2)27-26-28(23(22)17-10-12-19(31-3)13-11-17)24(29)21(34-26)15-18-8-6-7-9-20(18)32-4/h5-13,15,23H,1,14H2,2-4H3/b21-15-. The first-order valence-corrected chi connectivity index (χ1v) is 11.4. The number of hydrogen-bond donors (Lipinski definition) is 0. The van der Waals surface area contributed by atoms with Crippen LogP contribution < -0.4 is 24.4 Å². The van der Waals surface area contributed by atoms with Gasteiger partial charge in [0.2, 0.25) is 0 Å². The second-order valence-corrected chi connectivity index (χ2v) is 8.49.